The van der Waals surface area contributed by atoms with Crippen LogP contribution in [0.3, 0.4) is 0 Å². The normalized spacial score (nSPS) is 19.5. The van der Waals surface area contributed by atoms with E-state index in [0.29, 0.717) is 6.61 Å². The molecule has 1 unspecified atom stereocenters. The Morgan fingerprint density at radius 2 is 2.41 bits per heavy atom. The van der Waals surface area contributed by atoms with Gasteiger partial charge in [-0.05, 0) is 53.2 Å². The molecule has 1 fully saturated rings. The lowest BCUT2D eigenvalue weighted by atomic mass is 10.2. The first-order valence-electron chi connectivity index (χ1n) is 5.68. The predicted octanol–water partition coefficient (Wildman–Crippen LogP) is 2.74. The van der Waals surface area contributed by atoms with Gasteiger partial charge in [-0.2, -0.15) is 0 Å². The van der Waals surface area contributed by atoms with Crippen LogP contribution < -0.4 is 0 Å². The molecule has 2 rings (SSSR count). The highest BCUT2D eigenvalue weighted by Crippen LogP contribution is 2.13. The molecule has 0 radical (unpaired) electrons. The summed E-state index contributed by atoms with van der Waals surface area (Å²) in [6, 6.07) is 3.79. The largest absolute Gasteiger partial charge is 0.353 e. The van der Waals surface area contributed by atoms with Crippen molar-refractivity contribution in [3.63, 3.8) is 0 Å². The van der Waals surface area contributed by atoms with Crippen LogP contribution in [0.15, 0.2) is 22.8 Å². The van der Waals surface area contributed by atoms with Crippen molar-refractivity contribution in [1.82, 2.24) is 4.98 Å². The SMILES string of the molecule is Brc1ccc(C#CCOC2CCCCO2)nc1. The number of halogens is 1. The molecular formula is C13H14BrNO2. The first-order valence-corrected chi connectivity index (χ1v) is 6.47. The molecule has 0 N–H and O–H groups in total. The van der Waals surface area contributed by atoms with E-state index < -0.39 is 0 Å². The van der Waals surface area contributed by atoms with Crippen LogP contribution in [0.1, 0.15) is 25.0 Å². The molecule has 0 amide bonds. The molecule has 2 heterocycles. The summed E-state index contributed by atoms with van der Waals surface area (Å²) in [6.45, 7) is 1.19. The lowest BCUT2D eigenvalue weighted by Crippen LogP contribution is -2.22. The lowest BCUT2D eigenvalue weighted by Gasteiger charge is -2.21. The topological polar surface area (TPSA) is 31.4 Å². The third-order valence-corrected chi connectivity index (χ3v) is 2.89. The van der Waals surface area contributed by atoms with Crippen LogP contribution in [0.4, 0.5) is 0 Å². The molecule has 1 aromatic rings. The van der Waals surface area contributed by atoms with Crippen molar-refractivity contribution in [3.05, 3.63) is 28.5 Å². The molecule has 1 saturated heterocycles. The molecule has 4 heteroatoms. The maximum absolute atomic E-state index is 5.50. The summed E-state index contributed by atoms with van der Waals surface area (Å²) in [7, 11) is 0. The summed E-state index contributed by atoms with van der Waals surface area (Å²) in [5, 5.41) is 0. The summed E-state index contributed by atoms with van der Waals surface area (Å²) >= 11 is 3.33. The second-order valence-corrected chi connectivity index (χ2v) is 4.69. The van der Waals surface area contributed by atoms with Gasteiger partial charge in [0.2, 0.25) is 0 Å². The average Bonchev–Trinajstić information content (AvgIpc) is 2.38. The van der Waals surface area contributed by atoms with E-state index in [1.807, 2.05) is 12.1 Å². The number of rotatable bonds is 2. The van der Waals surface area contributed by atoms with Crippen molar-refractivity contribution < 1.29 is 9.47 Å². The zero-order valence-corrected chi connectivity index (χ0v) is 11.1. The Morgan fingerprint density at radius 1 is 1.47 bits per heavy atom. The highest BCUT2D eigenvalue weighted by molar-refractivity contribution is 9.10. The van der Waals surface area contributed by atoms with Crippen LogP contribution in [0.2, 0.25) is 0 Å². The molecule has 0 spiro atoms. The number of pyridine rings is 1. The van der Waals surface area contributed by atoms with Crippen LogP contribution >= 0.6 is 15.9 Å². The summed E-state index contributed by atoms with van der Waals surface area (Å²) in [4.78, 5) is 4.16. The minimum absolute atomic E-state index is 0.0732. The Labute approximate surface area is 110 Å². The summed E-state index contributed by atoms with van der Waals surface area (Å²) < 4.78 is 11.9. The second-order valence-electron chi connectivity index (χ2n) is 3.77. The molecule has 1 aliphatic rings. The molecule has 1 atom stereocenters. The van der Waals surface area contributed by atoms with Gasteiger partial charge in [-0.3, -0.25) is 0 Å². The van der Waals surface area contributed by atoms with E-state index in [9.17, 15) is 0 Å². The van der Waals surface area contributed by atoms with E-state index in [1.54, 1.807) is 6.20 Å². The van der Waals surface area contributed by atoms with Crippen molar-refractivity contribution >= 4 is 15.9 Å². The lowest BCUT2D eigenvalue weighted by molar-refractivity contribution is -0.154. The van der Waals surface area contributed by atoms with Crippen molar-refractivity contribution in [1.29, 1.82) is 0 Å². The van der Waals surface area contributed by atoms with Crippen LogP contribution in [-0.2, 0) is 9.47 Å². The molecule has 0 aromatic carbocycles. The number of ether oxygens (including phenoxy) is 2. The minimum atomic E-state index is -0.0732. The zero-order valence-electron chi connectivity index (χ0n) is 9.49. The second kappa shape index (κ2) is 6.75. The molecule has 1 aliphatic heterocycles. The van der Waals surface area contributed by atoms with E-state index in [1.165, 1.54) is 6.42 Å². The Hall–Kier alpha value is -0.890. The van der Waals surface area contributed by atoms with E-state index in [0.717, 1.165) is 29.6 Å². The van der Waals surface area contributed by atoms with Gasteiger partial charge < -0.3 is 9.47 Å². The quantitative estimate of drug-likeness (QED) is 0.786. The predicted molar refractivity (Wildman–Crippen MR) is 68.4 cm³/mol. The molecule has 1 aromatic heterocycles. The smallest absolute Gasteiger partial charge is 0.158 e. The van der Waals surface area contributed by atoms with E-state index >= 15 is 0 Å². The van der Waals surface area contributed by atoms with Gasteiger partial charge in [-0.15, -0.1) is 0 Å². The van der Waals surface area contributed by atoms with Crippen LogP contribution in [-0.4, -0.2) is 24.5 Å². The zero-order chi connectivity index (χ0) is 11.9. The minimum Gasteiger partial charge on any atom is -0.353 e. The fourth-order valence-electron chi connectivity index (χ4n) is 1.55. The summed E-state index contributed by atoms with van der Waals surface area (Å²) in [6.07, 6.45) is 4.93. The van der Waals surface area contributed by atoms with Gasteiger partial charge in [0.25, 0.3) is 0 Å². The molecular weight excluding hydrogens is 282 g/mol. The van der Waals surface area contributed by atoms with Gasteiger partial charge in [0.1, 0.15) is 12.3 Å². The molecule has 0 saturated carbocycles. The highest BCUT2D eigenvalue weighted by Gasteiger charge is 2.12. The number of aromatic nitrogens is 1. The fraction of sp³-hybridized carbons (Fsp3) is 0.462. The van der Waals surface area contributed by atoms with Crippen LogP contribution in [0.25, 0.3) is 0 Å². The first-order chi connectivity index (χ1) is 8.34. The Bertz CT molecular complexity index is 402. The maximum atomic E-state index is 5.50. The number of nitrogens with zero attached hydrogens (tertiary/aromatic N) is 1. The van der Waals surface area contributed by atoms with Crippen LogP contribution in [0, 0.1) is 11.8 Å². The molecule has 0 bridgehead atoms. The van der Waals surface area contributed by atoms with Gasteiger partial charge in [-0.1, -0.05) is 5.92 Å². The summed E-state index contributed by atoms with van der Waals surface area (Å²) in [5.41, 5.74) is 0.751. The van der Waals surface area contributed by atoms with Gasteiger partial charge in [-0.25, -0.2) is 4.98 Å². The average molecular weight is 296 g/mol. The van der Waals surface area contributed by atoms with Crippen molar-refractivity contribution in [2.75, 3.05) is 13.2 Å². The fourth-order valence-corrected chi connectivity index (χ4v) is 1.79. The third-order valence-electron chi connectivity index (χ3n) is 2.42. The number of hydrogen-bond acceptors (Lipinski definition) is 3. The van der Waals surface area contributed by atoms with Gasteiger partial charge in [0, 0.05) is 17.3 Å². The molecule has 0 aliphatic carbocycles. The van der Waals surface area contributed by atoms with E-state index in [2.05, 4.69) is 32.8 Å². The Kier molecular flexibility index (Phi) is 4.99. The maximum Gasteiger partial charge on any atom is 0.158 e. The molecule has 17 heavy (non-hydrogen) atoms. The first kappa shape index (κ1) is 12.6. The molecule has 90 valence electrons. The number of hydrogen-bond donors (Lipinski definition) is 0. The van der Waals surface area contributed by atoms with E-state index in [4.69, 9.17) is 9.47 Å². The molecule has 3 nitrogen and oxygen atoms in total. The van der Waals surface area contributed by atoms with Gasteiger partial charge >= 0.3 is 0 Å². The van der Waals surface area contributed by atoms with Crippen LogP contribution in [0.5, 0.6) is 0 Å². The van der Waals surface area contributed by atoms with E-state index in [-0.39, 0.29) is 6.29 Å². The van der Waals surface area contributed by atoms with Gasteiger partial charge in [0.15, 0.2) is 6.29 Å². The van der Waals surface area contributed by atoms with Crippen molar-refractivity contribution in [3.8, 4) is 11.8 Å². The van der Waals surface area contributed by atoms with Gasteiger partial charge in [0.05, 0.1) is 0 Å². The Balaban J connectivity index is 1.76. The monoisotopic (exact) mass is 295 g/mol. The highest BCUT2D eigenvalue weighted by atomic mass is 79.9. The summed E-state index contributed by atoms with van der Waals surface area (Å²) in [5.74, 6) is 5.89. The van der Waals surface area contributed by atoms with Crippen molar-refractivity contribution in [2.24, 2.45) is 0 Å². The Morgan fingerprint density at radius 3 is 3.12 bits per heavy atom. The third kappa shape index (κ3) is 4.47. The van der Waals surface area contributed by atoms with Crippen molar-refractivity contribution in [2.45, 2.75) is 25.6 Å². The standard InChI is InChI=1S/C13H14BrNO2/c14-11-6-7-12(15-10-11)4-3-9-17-13-5-1-2-8-16-13/h6-7,10,13H,1-2,5,8-9H2.